The molecule has 3 aromatic rings. The summed E-state index contributed by atoms with van der Waals surface area (Å²) >= 11 is 0. The second-order valence-corrected chi connectivity index (χ2v) is 6.01. The molecule has 1 aliphatic heterocycles. The molecular weight excluding hydrogens is 319 g/mol. The van der Waals surface area contributed by atoms with Crippen molar-refractivity contribution < 1.29 is 9.18 Å². The fourth-order valence-corrected chi connectivity index (χ4v) is 3.17. The molecule has 5 nitrogen and oxygen atoms in total. The Bertz CT molecular complexity index is 917. The molecule has 0 N–H and O–H groups in total. The summed E-state index contributed by atoms with van der Waals surface area (Å²) in [6, 6.07) is 14.1. The van der Waals surface area contributed by atoms with Crippen molar-refractivity contribution in [2.45, 2.75) is 0 Å². The van der Waals surface area contributed by atoms with Crippen LogP contribution in [0.2, 0.25) is 0 Å². The van der Waals surface area contributed by atoms with Crippen LogP contribution < -0.4 is 4.90 Å². The number of rotatable bonds is 2. The molecule has 126 valence electrons. The first-order valence-corrected chi connectivity index (χ1v) is 8.23. The van der Waals surface area contributed by atoms with E-state index in [9.17, 15) is 9.18 Å². The molecule has 1 saturated heterocycles. The molecule has 2 aromatic carbocycles. The van der Waals surface area contributed by atoms with Crippen LogP contribution in [-0.2, 0) is 0 Å². The molecule has 1 amide bonds. The lowest BCUT2D eigenvalue weighted by atomic mass is 10.1. The maximum atomic E-state index is 13.8. The van der Waals surface area contributed by atoms with E-state index >= 15 is 0 Å². The van der Waals surface area contributed by atoms with Gasteiger partial charge in [-0.25, -0.2) is 4.39 Å². The minimum Gasteiger partial charge on any atom is -0.351 e. The maximum absolute atomic E-state index is 13.8. The van der Waals surface area contributed by atoms with E-state index in [1.165, 1.54) is 12.1 Å². The first-order chi connectivity index (χ1) is 12.2. The Morgan fingerprint density at radius 2 is 1.68 bits per heavy atom. The van der Waals surface area contributed by atoms with Gasteiger partial charge < -0.3 is 9.80 Å². The summed E-state index contributed by atoms with van der Waals surface area (Å²) in [4.78, 5) is 16.3. The standard InChI is InChI=1S/C19H17FN4O/c20-17-8-4-3-7-16(17)19(25)24-11-9-23(10-12-24)18-15-6-2-1-5-14(15)13-21-22-18/h1-8,13H,9-12H2. The van der Waals surface area contributed by atoms with Gasteiger partial charge in [0.05, 0.1) is 11.8 Å². The SMILES string of the molecule is O=C(c1ccccc1F)N1CCN(c2nncc3ccccc23)CC1. The van der Waals surface area contributed by atoms with Gasteiger partial charge in [0.15, 0.2) is 5.82 Å². The van der Waals surface area contributed by atoms with Crippen molar-refractivity contribution in [3.63, 3.8) is 0 Å². The lowest BCUT2D eigenvalue weighted by Gasteiger charge is -2.35. The number of carbonyl (C=O) groups is 1. The van der Waals surface area contributed by atoms with E-state index in [-0.39, 0.29) is 11.5 Å². The fraction of sp³-hybridized carbons (Fsp3) is 0.211. The van der Waals surface area contributed by atoms with Gasteiger partial charge in [-0.15, -0.1) is 5.10 Å². The minimum absolute atomic E-state index is 0.126. The Kier molecular flexibility index (Phi) is 4.01. The van der Waals surface area contributed by atoms with Gasteiger partial charge in [-0.2, -0.15) is 5.10 Å². The van der Waals surface area contributed by atoms with Gasteiger partial charge in [0, 0.05) is 37.0 Å². The molecule has 6 heteroatoms. The van der Waals surface area contributed by atoms with Gasteiger partial charge in [-0.1, -0.05) is 36.4 Å². The summed E-state index contributed by atoms with van der Waals surface area (Å²) < 4.78 is 13.8. The van der Waals surface area contributed by atoms with E-state index in [0.29, 0.717) is 26.2 Å². The summed E-state index contributed by atoms with van der Waals surface area (Å²) in [7, 11) is 0. The quantitative estimate of drug-likeness (QED) is 0.722. The maximum Gasteiger partial charge on any atom is 0.256 e. The van der Waals surface area contributed by atoms with E-state index in [4.69, 9.17) is 0 Å². The van der Waals surface area contributed by atoms with Crippen molar-refractivity contribution in [2.24, 2.45) is 0 Å². The number of halogens is 1. The van der Waals surface area contributed by atoms with Crippen LogP contribution in [0.25, 0.3) is 10.8 Å². The molecule has 1 aliphatic rings. The lowest BCUT2D eigenvalue weighted by molar-refractivity contribution is 0.0742. The van der Waals surface area contributed by atoms with Crippen LogP contribution in [0.3, 0.4) is 0 Å². The molecule has 0 bridgehead atoms. The van der Waals surface area contributed by atoms with Crippen LogP contribution >= 0.6 is 0 Å². The number of carbonyl (C=O) groups excluding carboxylic acids is 1. The van der Waals surface area contributed by atoms with Crippen molar-refractivity contribution in [1.82, 2.24) is 15.1 Å². The minimum atomic E-state index is -0.477. The van der Waals surface area contributed by atoms with Crippen LogP contribution in [-0.4, -0.2) is 47.2 Å². The predicted molar refractivity (Wildman–Crippen MR) is 94.1 cm³/mol. The zero-order valence-electron chi connectivity index (χ0n) is 13.6. The zero-order valence-corrected chi connectivity index (χ0v) is 13.6. The second kappa shape index (κ2) is 6.47. The normalized spacial score (nSPS) is 14.8. The van der Waals surface area contributed by atoms with Crippen molar-refractivity contribution in [2.75, 3.05) is 31.1 Å². The molecule has 4 rings (SSSR count). The van der Waals surface area contributed by atoms with Gasteiger partial charge in [0.1, 0.15) is 5.82 Å². The summed E-state index contributed by atoms with van der Waals surface area (Å²) in [5, 5.41) is 10.5. The van der Waals surface area contributed by atoms with Crippen LogP contribution in [0, 0.1) is 5.82 Å². The van der Waals surface area contributed by atoms with Gasteiger partial charge in [0.25, 0.3) is 5.91 Å². The predicted octanol–water partition coefficient (Wildman–Crippen LogP) is 2.73. The number of benzene rings is 2. The van der Waals surface area contributed by atoms with Crippen LogP contribution in [0.4, 0.5) is 10.2 Å². The van der Waals surface area contributed by atoms with Gasteiger partial charge in [-0.05, 0) is 12.1 Å². The lowest BCUT2D eigenvalue weighted by Crippen LogP contribution is -2.49. The first kappa shape index (κ1) is 15.5. The molecular formula is C19H17FN4O. The third-order valence-corrected chi connectivity index (χ3v) is 4.52. The molecule has 0 radical (unpaired) electrons. The molecule has 1 fully saturated rings. The van der Waals surface area contributed by atoms with Crippen molar-refractivity contribution in [3.8, 4) is 0 Å². The van der Waals surface area contributed by atoms with Crippen LogP contribution in [0.1, 0.15) is 10.4 Å². The number of amides is 1. The Hall–Kier alpha value is -3.02. The van der Waals surface area contributed by atoms with Crippen LogP contribution in [0.5, 0.6) is 0 Å². The number of fused-ring (bicyclic) bond motifs is 1. The largest absolute Gasteiger partial charge is 0.351 e. The topological polar surface area (TPSA) is 49.3 Å². The molecule has 1 aromatic heterocycles. The second-order valence-electron chi connectivity index (χ2n) is 6.01. The molecule has 25 heavy (non-hydrogen) atoms. The number of piperazine rings is 1. The van der Waals surface area contributed by atoms with E-state index in [1.54, 1.807) is 23.2 Å². The average Bonchev–Trinajstić information content (AvgIpc) is 2.67. The Labute approximate surface area is 144 Å². The molecule has 0 spiro atoms. The van der Waals surface area contributed by atoms with E-state index in [0.717, 1.165) is 16.6 Å². The highest BCUT2D eigenvalue weighted by Crippen LogP contribution is 2.24. The summed E-state index contributed by atoms with van der Waals surface area (Å²) in [6.07, 6.45) is 1.75. The fourth-order valence-electron chi connectivity index (χ4n) is 3.17. The smallest absolute Gasteiger partial charge is 0.256 e. The van der Waals surface area contributed by atoms with Crippen LogP contribution in [0.15, 0.2) is 54.7 Å². The third kappa shape index (κ3) is 2.91. The van der Waals surface area contributed by atoms with Crippen molar-refractivity contribution in [3.05, 3.63) is 66.1 Å². The molecule has 0 saturated carbocycles. The van der Waals surface area contributed by atoms with Gasteiger partial charge in [0.2, 0.25) is 0 Å². The third-order valence-electron chi connectivity index (χ3n) is 4.52. The Morgan fingerprint density at radius 3 is 2.48 bits per heavy atom. The number of hydrogen-bond acceptors (Lipinski definition) is 4. The molecule has 0 aliphatic carbocycles. The molecule has 0 atom stereocenters. The number of anilines is 1. The van der Waals surface area contributed by atoms with E-state index in [2.05, 4.69) is 15.1 Å². The highest BCUT2D eigenvalue weighted by Gasteiger charge is 2.25. The average molecular weight is 336 g/mol. The van der Waals surface area contributed by atoms with Crippen molar-refractivity contribution >= 4 is 22.5 Å². The number of nitrogens with zero attached hydrogens (tertiary/aromatic N) is 4. The highest BCUT2D eigenvalue weighted by molar-refractivity contribution is 5.95. The van der Waals surface area contributed by atoms with E-state index < -0.39 is 5.82 Å². The van der Waals surface area contributed by atoms with Crippen molar-refractivity contribution in [1.29, 1.82) is 0 Å². The first-order valence-electron chi connectivity index (χ1n) is 8.23. The zero-order chi connectivity index (χ0) is 17.2. The molecule has 0 unspecified atom stereocenters. The monoisotopic (exact) mass is 336 g/mol. The summed E-state index contributed by atoms with van der Waals surface area (Å²) in [5.74, 6) is 0.0905. The number of hydrogen-bond donors (Lipinski definition) is 0. The summed E-state index contributed by atoms with van der Waals surface area (Å²) in [5.41, 5.74) is 0.126. The van der Waals surface area contributed by atoms with Gasteiger partial charge >= 0.3 is 0 Å². The van der Waals surface area contributed by atoms with Gasteiger partial charge in [-0.3, -0.25) is 4.79 Å². The highest BCUT2D eigenvalue weighted by atomic mass is 19.1. The summed E-state index contributed by atoms with van der Waals surface area (Å²) in [6.45, 7) is 2.34. The van der Waals surface area contributed by atoms with E-state index in [1.807, 2.05) is 24.3 Å². The Morgan fingerprint density at radius 1 is 0.960 bits per heavy atom. The Balaban J connectivity index is 1.52. The molecule has 2 heterocycles. The number of aromatic nitrogens is 2.